The van der Waals surface area contributed by atoms with Crippen LogP contribution in [0.25, 0.3) is 22.4 Å². The average Bonchev–Trinajstić information content (AvgIpc) is 3.21. The summed E-state index contributed by atoms with van der Waals surface area (Å²) in [5, 5.41) is 9.11. The number of ether oxygens (including phenoxy) is 1. The van der Waals surface area contributed by atoms with Crippen molar-refractivity contribution in [3.63, 3.8) is 0 Å². The van der Waals surface area contributed by atoms with Crippen LogP contribution in [0.5, 0.6) is 0 Å². The lowest BCUT2D eigenvalue weighted by molar-refractivity contribution is -0.136. The SMILES string of the molecule is CN(C(=O)O)c1cc2cc(-c3ncc(C(=O)N4CCOCC4)cn3)cc(C(F)(F)F)c2o1. The summed E-state index contributed by atoms with van der Waals surface area (Å²) in [5.41, 5.74) is -1.34. The summed E-state index contributed by atoms with van der Waals surface area (Å²) < 4.78 is 51.4. The summed E-state index contributed by atoms with van der Waals surface area (Å²) in [6.07, 6.45) is -3.63. The molecule has 0 radical (unpaired) electrons. The van der Waals surface area contributed by atoms with Crippen molar-refractivity contribution < 1.29 is 37.0 Å². The molecule has 0 saturated carbocycles. The highest BCUT2D eigenvalue weighted by Gasteiger charge is 2.36. The van der Waals surface area contributed by atoms with Gasteiger partial charge in [-0.3, -0.25) is 9.69 Å². The van der Waals surface area contributed by atoms with Crippen molar-refractivity contribution in [2.75, 3.05) is 38.3 Å². The van der Waals surface area contributed by atoms with Crippen molar-refractivity contribution in [2.24, 2.45) is 0 Å². The molecule has 32 heavy (non-hydrogen) atoms. The van der Waals surface area contributed by atoms with E-state index in [9.17, 15) is 22.8 Å². The number of amides is 2. The molecule has 0 atom stereocenters. The van der Waals surface area contributed by atoms with E-state index in [-0.39, 0.29) is 34.1 Å². The Morgan fingerprint density at radius 3 is 2.38 bits per heavy atom. The summed E-state index contributed by atoms with van der Waals surface area (Å²) in [6.45, 7) is 1.71. The number of carboxylic acid groups (broad SMARTS) is 1. The first-order chi connectivity index (χ1) is 15.1. The molecular formula is C20H17F3N4O5. The predicted molar refractivity (Wildman–Crippen MR) is 105 cm³/mol. The molecule has 2 aromatic heterocycles. The van der Waals surface area contributed by atoms with Crippen LogP contribution in [0, 0.1) is 0 Å². The summed E-state index contributed by atoms with van der Waals surface area (Å²) in [6, 6.07) is 3.39. The molecule has 1 N–H and O–H groups in total. The Bertz CT molecular complexity index is 1170. The summed E-state index contributed by atoms with van der Waals surface area (Å²) >= 11 is 0. The summed E-state index contributed by atoms with van der Waals surface area (Å²) in [5.74, 6) is -0.574. The van der Waals surface area contributed by atoms with Crippen LogP contribution in [-0.2, 0) is 10.9 Å². The predicted octanol–water partition coefficient (Wildman–Crippen LogP) is 3.50. The lowest BCUT2D eigenvalue weighted by Gasteiger charge is -2.26. The Hall–Kier alpha value is -3.67. The monoisotopic (exact) mass is 450 g/mol. The van der Waals surface area contributed by atoms with E-state index < -0.39 is 23.4 Å². The third-order valence-corrected chi connectivity index (χ3v) is 4.98. The van der Waals surface area contributed by atoms with Crippen LogP contribution in [0.2, 0.25) is 0 Å². The van der Waals surface area contributed by atoms with Crippen molar-refractivity contribution in [1.82, 2.24) is 14.9 Å². The highest BCUT2D eigenvalue weighted by atomic mass is 19.4. The zero-order valence-corrected chi connectivity index (χ0v) is 16.7. The number of aromatic nitrogens is 2. The van der Waals surface area contributed by atoms with Crippen molar-refractivity contribution in [2.45, 2.75) is 6.18 Å². The van der Waals surface area contributed by atoms with E-state index in [1.807, 2.05) is 0 Å². The number of rotatable bonds is 3. The van der Waals surface area contributed by atoms with Crippen LogP contribution in [0.15, 0.2) is 35.0 Å². The molecule has 9 nitrogen and oxygen atoms in total. The van der Waals surface area contributed by atoms with Crippen molar-refractivity contribution in [3.05, 3.63) is 41.7 Å². The average molecular weight is 450 g/mol. The highest BCUT2D eigenvalue weighted by molar-refractivity contribution is 5.94. The molecule has 1 saturated heterocycles. The van der Waals surface area contributed by atoms with Gasteiger partial charge in [0.1, 0.15) is 5.58 Å². The molecule has 3 heterocycles. The minimum atomic E-state index is -4.77. The maximum absolute atomic E-state index is 13.7. The molecule has 12 heteroatoms. The van der Waals surface area contributed by atoms with Gasteiger partial charge in [0.2, 0.25) is 5.88 Å². The fraction of sp³-hybridized carbons (Fsp3) is 0.300. The van der Waals surface area contributed by atoms with Crippen LogP contribution >= 0.6 is 0 Å². The second-order valence-electron chi connectivity index (χ2n) is 7.07. The molecular weight excluding hydrogens is 433 g/mol. The standard InChI is InChI=1S/C20H17F3N4O5/c1-26(19(29)30)15-8-11-6-12(7-14(16(11)32-15)20(21,22)23)17-24-9-13(10-25-17)18(28)27-2-4-31-5-3-27/h6-10H,2-5H2,1H3,(H,29,30). The van der Waals surface area contributed by atoms with Gasteiger partial charge >= 0.3 is 12.3 Å². The molecule has 1 aromatic carbocycles. The van der Waals surface area contributed by atoms with Crippen LogP contribution in [0.3, 0.4) is 0 Å². The van der Waals surface area contributed by atoms with E-state index in [0.29, 0.717) is 31.2 Å². The Morgan fingerprint density at radius 2 is 1.78 bits per heavy atom. The fourth-order valence-corrected chi connectivity index (χ4v) is 3.28. The van der Waals surface area contributed by atoms with Gasteiger partial charge in [-0.05, 0) is 12.1 Å². The zero-order valence-electron chi connectivity index (χ0n) is 16.7. The number of halogens is 3. The quantitative estimate of drug-likeness (QED) is 0.651. The number of nitrogens with zero attached hydrogens (tertiary/aromatic N) is 4. The van der Waals surface area contributed by atoms with Gasteiger partial charge < -0.3 is 19.2 Å². The molecule has 1 aliphatic heterocycles. The van der Waals surface area contributed by atoms with Gasteiger partial charge in [-0.15, -0.1) is 0 Å². The molecule has 0 unspecified atom stereocenters. The van der Waals surface area contributed by atoms with E-state index >= 15 is 0 Å². The fourth-order valence-electron chi connectivity index (χ4n) is 3.28. The van der Waals surface area contributed by atoms with Crippen molar-refractivity contribution in [1.29, 1.82) is 0 Å². The molecule has 1 fully saturated rings. The molecule has 4 rings (SSSR count). The van der Waals surface area contributed by atoms with E-state index in [1.54, 1.807) is 4.90 Å². The number of alkyl halides is 3. The number of benzene rings is 1. The van der Waals surface area contributed by atoms with Gasteiger partial charge in [0.15, 0.2) is 5.82 Å². The number of carbonyl (C=O) groups is 2. The summed E-state index contributed by atoms with van der Waals surface area (Å²) in [4.78, 5) is 34.0. The zero-order chi connectivity index (χ0) is 23.0. The maximum atomic E-state index is 13.7. The van der Waals surface area contributed by atoms with E-state index in [0.717, 1.165) is 13.1 Å². The van der Waals surface area contributed by atoms with Gasteiger partial charge in [-0.1, -0.05) is 0 Å². The number of carbonyl (C=O) groups excluding carboxylic acids is 1. The number of hydrogen-bond donors (Lipinski definition) is 1. The first-order valence-electron chi connectivity index (χ1n) is 9.46. The first-order valence-corrected chi connectivity index (χ1v) is 9.46. The Labute approximate surface area is 179 Å². The maximum Gasteiger partial charge on any atom is 0.420 e. The van der Waals surface area contributed by atoms with Crippen molar-refractivity contribution >= 4 is 28.9 Å². The normalized spacial score (nSPS) is 14.6. The topological polar surface area (TPSA) is 109 Å². The van der Waals surface area contributed by atoms with Gasteiger partial charge in [0.05, 0.1) is 24.3 Å². The number of anilines is 1. The van der Waals surface area contributed by atoms with E-state index in [1.165, 1.54) is 24.5 Å². The lowest BCUT2D eigenvalue weighted by atomic mass is 10.1. The molecule has 0 spiro atoms. The molecule has 1 aliphatic rings. The Balaban J connectivity index is 1.72. The first kappa shape index (κ1) is 21.6. The van der Waals surface area contributed by atoms with Crippen LogP contribution in [0.4, 0.5) is 23.8 Å². The van der Waals surface area contributed by atoms with Gasteiger partial charge in [-0.2, -0.15) is 13.2 Å². The number of hydrogen-bond acceptors (Lipinski definition) is 6. The van der Waals surface area contributed by atoms with Crippen LogP contribution in [-0.4, -0.2) is 65.3 Å². The van der Waals surface area contributed by atoms with Crippen LogP contribution < -0.4 is 4.90 Å². The number of morpholine rings is 1. The number of furan rings is 1. The largest absolute Gasteiger partial charge is 0.465 e. The Kier molecular flexibility index (Phi) is 5.46. The third kappa shape index (κ3) is 4.08. The molecule has 0 bridgehead atoms. The summed E-state index contributed by atoms with van der Waals surface area (Å²) in [7, 11) is 1.15. The minimum Gasteiger partial charge on any atom is -0.465 e. The molecule has 0 aliphatic carbocycles. The molecule has 3 aromatic rings. The highest BCUT2D eigenvalue weighted by Crippen LogP contribution is 2.40. The van der Waals surface area contributed by atoms with Crippen LogP contribution in [0.1, 0.15) is 15.9 Å². The number of fused-ring (bicyclic) bond motifs is 1. The third-order valence-electron chi connectivity index (χ3n) is 4.98. The minimum absolute atomic E-state index is 0.0229. The molecule has 168 valence electrons. The second kappa shape index (κ2) is 8.11. The molecule has 2 amide bonds. The van der Waals surface area contributed by atoms with E-state index in [2.05, 4.69) is 9.97 Å². The van der Waals surface area contributed by atoms with Gasteiger partial charge in [-0.25, -0.2) is 14.8 Å². The van der Waals surface area contributed by atoms with Crippen molar-refractivity contribution in [3.8, 4) is 11.4 Å². The van der Waals surface area contributed by atoms with E-state index in [4.69, 9.17) is 14.3 Å². The smallest absolute Gasteiger partial charge is 0.420 e. The lowest BCUT2D eigenvalue weighted by Crippen LogP contribution is -2.40. The van der Waals surface area contributed by atoms with Gasteiger partial charge in [0.25, 0.3) is 5.91 Å². The van der Waals surface area contributed by atoms with Gasteiger partial charge in [0, 0.05) is 49.5 Å². The second-order valence-corrected chi connectivity index (χ2v) is 7.07. The Morgan fingerprint density at radius 1 is 1.12 bits per heavy atom.